The lowest BCUT2D eigenvalue weighted by atomic mass is 10.1. The largest absolute Gasteiger partial charge is 0.309 e. The molecule has 0 spiro atoms. The molecule has 1 aliphatic heterocycles. The molecule has 4 aromatic rings. The van der Waals surface area contributed by atoms with E-state index >= 15 is 0 Å². The molecule has 11 heteroatoms. The van der Waals surface area contributed by atoms with E-state index in [1.165, 1.54) is 23.1 Å². The molecular formula is C21H21N5O3S3. The van der Waals surface area contributed by atoms with Crippen LogP contribution in [-0.4, -0.2) is 44.7 Å². The molecule has 1 aliphatic rings. The highest BCUT2D eigenvalue weighted by Crippen LogP contribution is 2.31. The molecule has 1 saturated heterocycles. The summed E-state index contributed by atoms with van der Waals surface area (Å²) in [4.78, 5) is 21.1. The Morgan fingerprint density at radius 2 is 2.06 bits per heavy atom. The summed E-state index contributed by atoms with van der Waals surface area (Å²) in [5, 5.41) is 11.8. The van der Waals surface area contributed by atoms with Crippen LogP contribution in [0.1, 0.15) is 18.1 Å². The predicted molar refractivity (Wildman–Crippen MR) is 127 cm³/mol. The summed E-state index contributed by atoms with van der Waals surface area (Å²) in [5.74, 6) is 2.39. The number of hydrogen-bond acceptors (Lipinski definition) is 8. The Morgan fingerprint density at radius 3 is 2.81 bits per heavy atom. The van der Waals surface area contributed by atoms with Gasteiger partial charge in [-0.25, -0.2) is 13.4 Å². The number of fused-ring (bicyclic) bond motifs is 1. The van der Waals surface area contributed by atoms with Crippen molar-refractivity contribution in [2.75, 3.05) is 11.5 Å². The first kappa shape index (κ1) is 21.4. The third-order valence-corrected chi connectivity index (χ3v) is 9.38. The second-order valence-corrected chi connectivity index (χ2v) is 12.0. The monoisotopic (exact) mass is 487 g/mol. The molecule has 8 nitrogen and oxygen atoms in total. The van der Waals surface area contributed by atoms with Crippen molar-refractivity contribution in [2.24, 2.45) is 13.0 Å². The van der Waals surface area contributed by atoms with E-state index in [-0.39, 0.29) is 23.0 Å². The second-order valence-electron chi connectivity index (χ2n) is 7.93. The van der Waals surface area contributed by atoms with E-state index < -0.39 is 9.84 Å². The Hall–Kier alpha value is -2.50. The van der Waals surface area contributed by atoms with Crippen molar-refractivity contribution in [1.29, 1.82) is 0 Å². The summed E-state index contributed by atoms with van der Waals surface area (Å²) in [6.45, 7) is 0. The topological polar surface area (TPSA) is 111 Å². The summed E-state index contributed by atoms with van der Waals surface area (Å²) in [6.07, 6.45) is 1.27. The Balaban J connectivity index is 1.32. The molecule has 0 bridgehead atoms. The molecule has 0 amide bonds. The summed E-state index contributed by atoms with van der Waals surface area (Å²) in [7, 11) is -1.03. The first-order valence-electron chi connectivity index (χ1n) is 10.2. The molecule has 1 aromatic carbocycles. The van der Waals surface area contributed by atoms with Gasteiger partial charge >= 0.3 is 0 Å². The van der Waals surface area contributed by atoms with E-state index in [2.05, 4.69) is 20.2 Å². The zero-order valence-corrected chi connectivity index (χ0v) is 19.8. The molecule has 3 aromatic heterocycles. The minimum absolute atomic E-state index is 0.0961. The van der Waals surface area contributed by atoms with Gasteiger partial charge in [0.25, 0.3) is 5.56 Å². The van der Waals surface area contributed by atoms with Crippen molar-refractivity contribution in [2.45, 2.75) is 23.8 Å². The Labute approximate surface area is 193 Å². The van der Waals surface area contributed by atoms with Gasteiger partial charge in [0.2, 0.25) is 0 Å². The number of nitrogens with zero attached hydrogens (tertiary/aromatic N) is 4. The SMILES string of the molecule is Cn1c(C[C@H]2CCS(=O)(=O)C2)nnc1SCc1nc2scc(-c3ccccc3)c2c(=O)[nH]1. The number of hydrogen-bond donors (Lipinski definition) is 1. The fraction of sp³-hybridized carbons (Fsp3) is 0.333. The van der Waals surface area contributed by atoms with Crippen molar-refractivity contribution in [3.63, 3.8) is 0 Å². The van der Waals surface area contributed by atoms with E-state index in [1.54, 1.807) is 0 Å². The maximum atomic E-state index is 12.8. The number of sulfone groups is 1. The van der Waals surface area contributed by atoms with Crippen molar-refractivity contribution in [3.05, 3.63) is 57.7 Å². The van der Waals surface area contributed by atoms with Crippen molar-refractivity contribution >= 4 is 43.2 Å². The van der Waals surface area contributed by atoms with E-state index in [4.69, 9.17) is 0 Å². The minimum atomic E-state index is -2.91. The number of thioether (sulfide) groups is 1. The van der Waals surface area contributed by atoms with Crippen LogP contribution in [0.15, 0.2) is 45.7 Å². The zero-order valence-electron chi connectivity index (χ0n) is 17.3. The highest BCUT2D eigenvalue weighted by Gasteiger charge is 2.29. The molecule has 166 valence electrons. The smallest absolute Gasteiger partial charge is 0.260 e. The van der Waals surface area contributed by atoms with Gasteiger partial charge in [-0.1, -0.05) is 42.1 Å². The lowest BCUT2D eigenvalue weighted by Gasteiger charge is -2.07. The average molecular weight is 488 g/mol. The van der Waals surface area contributed by atoms with Crippen molar-refractivity contribution < 1.29 is 8.42 Å². The summed E-state index contributed by atoms with van der Waals surface area (Å²) >= 11 is 2.90. The van der Waals surface area contributed by atoms with Crippen LogP contribution in [0.25, 0.3) is 21.3 Å². The number of rotatable bonds is 6. The van der Waals surface area contributed by atoms with E-state index in [9.17, 15) is 13.2 Å². The Kier molecular flexibility index (Phi) is 5.64. The molecule has 32 heavy (non-hydrogen) atoms. The van der Waals surface area contributed by atoms with Gasteiger partial charge in [0.05, 0.1) is 22.6 Å². The van der Waals surface area contributed by atoms with Gasteiger partial charge in [-0.15, -0.1) is 21.5 Å². The fourth-order valence-corrected chi connectivity index (χ4v) is 7.59. The molecule has 5 rings (SSSR count). The first-order valence-corrected chi connectivity index (χ1v) is 13.9. The molecule has 1 atom stereocenters. The molecule has 0 unspecified atom stereocenters. The quantitative estimate of drug-likeness (QED) is 0.416. The van der Waals surface area contributed by atoms with Crippen LogP contribution >= 0.6 is 23.1 Å². The summed E-state index contributed by atoms with van der Waals surface area (Å²) in [6, 6.07) is 9.82. The van der Waals surface area contributed by atoms with Gasteiger partial charge in [0.1, 0.15) is 16.5 Å². The van der Waals surface area contributed by atoms with Crippen molar-refractivity contribution in [3.8, 4) is 11.1 Å². The molecule has 1 fully saturated rings. The number of aromatic amines is 1. The molecule has 0 saturated carbocycles. The molecule has 0 aliphatic carbocycles. The number of nitrogens with one attached hydrogen (secondary N) is 1. The van der Waals surface area contributed by atoms with Crippen LogP contribution in [-0.2, 0) is 29.1 Å². The Bertz CT molecular complexity index is 1440. The van der Waals surface area contributed by atoms with Gasteiger partial charge in [-0.3, -0.25) is 4.79 Å². The number of benzene rings is 1. The lowest BCUT2D eigenvalue weighted by Crippen LogP contribution is -2.11. The van der Waals surface area contributed by atoms with Gasteiger partial charge in [-0.2, -0.15) is 0 Å². The van der Waals surface area contributed by atoms with Gasteiger partial charge in [0, 0.05) is 24.4 Å². The maximum absolute atomic E-state index is 12.8. The lowest BCUT2D eigenvalue weighted by molar-refractivity contribution is 0.552. The van der Waals surface area contributed by atoms with Crippen LogP contribution in [0.3, 0.4) is 0 Å². The third-order valence-electron chi connectivity index (χ3n) is 5.64. The number of aromatic nitrogens is 5. The number of H-pyrrole nitrogens is 1. The molecule has 1 N–H and O–H groups in total. The van der Waals surface area contributed by atoms with E-state index in [0.717, 1.165) is 17.0 Å². The Morgan fingerprint density at radius 1 is 1.25 bits per heavy atom. The van der Waals surface area contributed by atoms with E-state index in [0.29, 0.717) is 39.8 Å². The first-order chi connectivity index (χ1) is 15.4. The summed E-state index contributed by atoms with van der Waals surface area (Å²) < 4.78 is 25.3. The van der Waals surface area contributed by atoms with Crippen LogP contribution in [0.4, 0.5) is 0 Å². The fourth-order valence-electron chi connectivity index (χ4n) is 3.96. The van der Waals surface area contributed by atoms with Gasteiger partial charge in [-0.05, 0) is 17.9 Å². The predicted octanol–water partition coefficient (Wildman–Crippen LogP) is 3.05. The van der Waals surface area contributed by atoms with Gasteiger partial charge in [0.15, 0.2) is 15.0 Å². The summed E-state index contributed by atoms with van der Waals surface area (Å²) in [5.41, 5.74) is 1.74. The second kappa shape index (κ2) is 8.45. The average Bonchev–Trinajstić information content (AvgIpc) is 3.45. The van der Waals surface area contributed by atoms with Crippen LogP contribution in [0.2, 0.25) is 0 Å². The minimum Gasteiger partial charge on any atom is -0.309 e. The standard InChI is InChI=1S/C21H21N5O3S3/c1-26-17(9-13-7-8-32(28,29)12-13)24-25-21(26)31-11-16-22-19(27)18-15(10-30-20(18)23-16)14-5-3-2-4-6-14/h2-6,10,13H,7-9,11-12H2,1H3,(H,22,23,27)/t13-/m1/s1. The van der Waals surface area contributed by atoms with E-state index in [1.807, 2.05) is 47.3 Å². The zero-order chi connectivity index (χ0) is 22.3. The highest BCUT2D eigenvalue weighted by molar-refractivity contribution is 7.98. The third kappa shape index (κ3) is 4.24. The van der Waals surface area contributed by atoms with Crippen LogP contribution < -0.4 is 5.56 Å². The highest BCUT2D eigenvalue weighted by atomic mass is 32.2. The number of thiophene rings is 1. The maximum Gasteiger partial charge on any atom is 0.260 e. The normalized spacial score (nSPS) is 17.8. The molecular weight excluding hydrogens is 466 g/mol. The van der Waals surface area contributed by atoms with Gasteiger partial charge < -0.3 is 9.55 Å². The molecule has 4 heterocycles. The van der Waals surface area contributed by atoms with Crippen LogP contribution in [0.5, 0.6) is 0 Å². The molecule has 0 radical (unpaired) electrons. The van der Waals surface area contributed by atoms with Crippen molar-refractivity contribution in [1.82, 2.24) is 24.7 Å². The van der Waals surface area contributed by atoms with Crippen LogP contribution in [0, 0.1) is 5.92 Å².